The van der Waals surface area contributed by atoms with Gasteiger partial charge < -0.3 is 4.42 Å². The summed E-state index contributed by atoms with van der Waals surface area (Å²) in [6.07, 6.45) is 1.71. The maximum atomic E-state index is 14.3. The summed E-state index contributed by atoms with van der Waals surface area (Å²) in [6.45, 7) is 2.00. The molecule has 2 heterocycles. The van der Waals surface area contributed by atoms with Crippen LogP contribution in [0.1, 0.15) is 11.1 Å². The highest BCUT2D eigenvalue weighted by Crippen LogP contribution is 2.41. The molecule has 6 rings (SSSR count). The van der Waals surface area contributed by atoms with E-state index in [9.17, 15) is 9.65 Å². The second-order valence-corrected chi connectivity index (χ2v) is 9.04. The predicted molar refractivity (Wildman–Crippen MR) is 141 cm³/mol. The quantitative estimate of drug-likeness (QED) is 0.249. The van der Waals surface area contributed by atoms with E-state index in [0.29, 0.717) is 16.7 Å². The van der Waals surface area contributed by atoms with Crippen LogP contribution in [0.15, 0.2) is 102 Å². The highest BCUT2D eigenvalue weighted by molar-refractivity contribution is 6.13. The molecule has 0 spiro atoms. The molecule has 0 bridgehead atoms. The third-order valence-electron chi connectivity index (χ3n) is 6.73. The minimum absolute atomic E-state index is 0.305. The van der Waals surface area contributed by atoms with Crippen LogP contribution >= 0.6 is 0 Å². The Balaban J connectivity index is 1.66. The van der Waals surface area contributed by atoms with Crippen LogP contribution in [-0.4, -0.2) is 0 Å². The molecular weight excluding hydrogens is 447 g/mol. The summed E-state index contributed by atoms with van der Waals surface area (Å²) in [5, 5.41) is 11.6. The molecule has 172 valence electrons. The van der Waals surface area contributed by atoms with Gasteiger partial charge in [0.15, 0.2) is 6.20 Å². The van der Waals surface area contributed by atoms with Crippen molar-refractivity contribution in [2.75, 3.05) is 0 Å². The summed E-state index contributed by atoms with van der Waals surface area (Å²) in [6, 6.07) is 31.5. The zero-order valence-electron chi connectivity index (χ0n) is 19.9. The average Bonchev–Trinajstić information content (AvgIpc) is 3.28. The molecule has 0 aliphatic heterocycles. The molecule has 2 aromatic heterocycles. The smallest absolute Gasteiger partial charge is 0.219 e. The molecular formula is C32H22FN2O+. The summed E-state index contributed by atoms with van der Waals surface area (Å²) in [7, 11) is 1.89. The van der Waals surface area contributed by atoms with E-state index in [1.54, 1.807) is 6.20 Å². The van der Waals surface area contributed by atoms with Gasteiger partial charge in [-0.25, -0.2) is 8.96 Å². The number of furan rings is 1. The molecule has 0 amide bonds. The Labute approximate surface area is 208 Å². The monoisotopic (exact) mass is 469 g/mol. The van der Waals surface area contributed by atoms with Crippen molar-refractivity contribution in [2.45, 2.75) is 6.92 Å². The number of nitrogens with zero attached hydrogens (tertiary/aromatic N) is 2. The van der Waals surface area contributed by atoms with Gasteiger partial charge >= 0.3 is 0 Å². The number of hydrogen-bond acceptors (Lipinski definition) is 2. The normalized spacial score (nSPS) is 11.2. The number of fused-ring (bicyclic) bond motifs is 3. The van der Waals surface area contributed by atoms with Crippen molar-refractivity contribution in [1.29, 1.82) is 5.26 Å². The van der Waals surface area contributed by atoms with Gasteiger partial charge in [-0.1, -0.05) is 60.7 Å². The van der Waals surface area contributed by atoms with Crippen LogP contribution in [0.3, 0.4) is 0 Å². The summed E-state index contributed by atoms with van der Waals surface area (Å²) >= 11 is 0. The van der Waals surface area contributed by atoms with Crippen molar-refractivity contribution in [3.63, 3.8) is 0 Å². The van der Waals surface area contributed by atoms with Gasteiger partial charge in [0.2, 0.25) is 5.69 Å². The Morgan fingerprint density at radius 3 is 2.36 bits per heavy atom. The lowest BCUT2D eigenvalue weighted by Gasteiger charge is -2.07. The van der Waals surface area contributed by atoms with Gasteiger partial charge in [0, 0.05) is 28.5 Å². The van der Waals surface area contributed by atoms with Crippen LogP contribution in [0, 0.1) is 24.1 Å². The fourth-order valence-electron chi connectivity index (χ4n) is 4.93. The lowest BCUT2D eigenvalue weighted by atomic mass is 9.95. The van der Waals surface area contributed by atoms with E-state index in [1.165, 1.54) is 12.1 Å². The molecule has 0 fully saturated rings. The number of nitriles is 1. The third-order valence-corrected chi connectivity index (χ3v) is 6.73. The molecule has 0 unspecified atom stereocenters. The van der Waals surface area contributed by atoms with Crippen LogP contribution in [-0.2, 0) is 7.05 Å². The first-order valence-electron chi connectivity index (χ1n) is 11.7. The third kappa shape index (κ3) is 3.54. The fraction of sp³-hybridized carbons (Fsp3) is 0.0625. The summed E-state index contributed by atoms with van der Waals surface area (Å²) < 4.78 is 22.7. The number of aryl methyl sites for hydroxylation is 2. The predicted octanol–water partition coefficient (Wildman–Crippen LogP) is 7.73. The summed E-state index contributed by atoms with van der Waals surface area (Å²) in [5.74, 6) is -0.305. The van der Waals surface area contributed by atoms with Gasteiger partial charge in [-0.15, -0.1) is 0 Å². The van der Waals surface area contributed by atoms with Crippen LogP contribution in [0.5, 0.6) is 0 Å². The highest BCUT2D eigenvalue weighted by atomic mass is 19.1. The first kappa shape index (κ1) is 21.8. The molecule has 3 nitrogen and oxygen atoms in total. The number of rotatable bonds is 3. The van der Waals surface area contributed by atoms with Crippen LogP contribution in [0.4, 0.5) is 4.39 Å². The molecule has 0 atom stereocenters. The van der Waals surface area contributed by atoms with E-state index in [2.05, 4.69) is 30.3 Å². The van der Waals surface area contributed by atoms with Gasteiger partial charge in [0.1, 0.15) is 24.0 Å². The minimum atomic E-state index is -0.305. The van der Waals surface area contributed by atoms with Gasteiger partial charge in [-0.3, -0.25) is 0 Å². The number of benzene rings is 4. The van der Waals surface area contributed by atoms with Crippen LogP contribution < -0.4 is 4.57 Å². The van der Waals surface area contributed by atoms with E-state index in [4.69, 9.17) is 4.42 Å². The van der Waals surface area contributed by atoms with Crippen molar-refractivity contribution in [3.05, 3.63) is 114 Å². The second-order valence-electron chi connectivity index (χ2n) is 9.04. The highest BCUT2D eigenvalue weighted by Gasteiger charge is 2.23. The molecule has 6 aromatic rings. The van der Waals surface area contributed by atoms with Crippen LogP contribution in [0.25, 0.3) is 55.4 Å². The molecule has 36 heavy (non-hydrogen) atoms. The Kier molecular flexibility index (Phi) is 5.13. The average molecular weight is 470 g/mol. The Hall–Kier alpha value is -4.75. The molecule has 4 aromatic carbocycles. The lowest BCUT2D eigenvalue weighted by molar-refractivity contribution is -0.660. The Bertz CT molecular complexity index is 1830. The number of pyridine rings is 1. The van der Waals surface area contributed by atoms with E-state index >= 15 is 0 Å². The maximum absolute atomic E-state index is 14.3. The number of aromatic nitrogens is 1. The van der Waals surface area contributed by atoms with E-state index in [-0.39, 0.29) is 5.82 Å². The van der Waals surface area contributed by atoms with Crippen molar-refractivity contribution >= 4 is 21.9 Å². The molecule has 0 saturated heterocycles. The second kappa shape index (κ2) is 8.48. The molecule has 0 N–H and O–H groups in total. The summed E-state index contributed by atoms with van der Waals surface area (Å²) in [4.78, 5) is 0. The van der Waals surface area contributed by atoms with Gasteiger partial charge in [-0.05, 0) is 47.4 Å². The summed E-state index contributed by atoms with van der Waals surface area (Å²) in [5.41, 5.74) is 8.52. The van der Waals surface area contributed by atoms with Gasteiger partial charge in [0.25, 0.3) is 0 Å². The standard InChI is InChI=1S/C32H22FN2O/c1-20-11-12-26-28-16-21(19-34)15-27(24-10-6-9-23(17-24)22-7-4-3-5-8-22)31(28)36-32(26)30(20)29-18-25(33)13-14-35(29)2/h3-18H,1-2H3/q+1. The maximum Gasteiger partial charge on any atom is 0.219 e. The SMILES string of the molecule is Cc1ccc2c(oc3c(-c4cccc(-c5ccccc5)c4)cc(C#N)cc32)c1-c1cc(F)cc[n+]1C. The van der Waals surface area contributed by atoms with E-state index in [1.807, 2.05) is 73.1 Å². The number of hydrogen-bond donors (Lipinski definition) is 0. The molecule has 4 heteroatoms. The first-order valence-corrected chi connectivity index (χ1v) is 11.7. The van der Waals surface area contributed by atoms with Crippen LogP contribution in [0.2, 0.25) is 0 Å². The Morgan fingerprint density at radius 1 is 0.778 bits per heavy atom. The van der Waals surface area contributed by atoms with Crippen molar-refractivity contribution in [2.24, 2.45) is 7.05 Å². The minimum Gasteiger partial charge on any atom is -0.454 e. The fourth-order valence-corrected chi connectivity index (χ4v) is 4.93. The lowest BCUT2D eigenvalue weighted by Crippen LogP contribution is -2.30. The topological polar surface area (TPSA) is 40.8 Å². The zero-order valence-corrected chi connectivity index (χ0v) is 19.9. The van der Waals surface area contributed by atoms with Crippen molar-refractivity contribution in [3.8, 4) is 39.6 Å². The molecule has 0 aliphatic carbocycles. The number of halogens is 1. The Morgan fingerprint density at radius 2 is 1.56 bits per heavy atom. The van der Waals surface area contributed by atoms with Crippen molar-refractivity contribution < 1.29 is 13.4 Å². The first-order chi connectivity index (χ1) is 17.5. The molecule has 0 saturated carbocycles. The zero-order chi connectivity index (χ0) is 24.8. The van der Waals surface area contributed by atoms with Gasteiger partial charge in [-0.2, -0.15) is 5.26 Å². The van der Waals surface area contributed by atoms with Crippen molar-refractivity contribution in [1.82, 2.24) is 0 Å². The molecule has 0 radical (unpaired) electrons. The van der Waals surface area contributed by atoms with E-state index < -0.39 is 0 Å². The van der Waals surface area contributed by atoms with E-state index in [0.717, 1.165) is 49.8 Å². The molecule has 0 aliphatic rings. The van der Waals surface area contributed by atoms with Gasteiger partial charge in [0.05, 0.1) is 17.2 Å². The largest absolute Gasteiger partial charge is 0.454 e.